The molecule has 8 heteroatoms. The molecule has 7 nitrogen and oxygen atoms in total. The molecule has 0 aliphatic carbocycles. The highest BCUT2D eigenvalue weighted by molar-refractivity contribution is 7.89. The summed E-state index contributed by atoms with van der Waals surface area (Å²) in [5.74, 6) is 0. The lowest BCUT2D eigenvalue weighted by atomic mass is 10.1. The molecule has 1 aromatic heterocycles. The van der Waals surface area contributed by atoms with E-state index in [0.29, 0.717) is 5.52 Å². The molecule has 2 aromatic carbocycles. The van der Waals surface area contributed by atoms with Gasteiger partial charge in [-0.2, -0.15) is 4.31 Å². The zero-order valence-corrected chi connectivity index (χ0v) is 15.3. The zero-order valence-electron chi connectivity index (χ0n) is 14.4. The van der Waals surface area contributed by atoms with Gasteiger partial charge in [-0.3, -0.25) is 9.59 Å². The van der Waals surface area contributed by atoms with Gasteiger partial charge in [0.1, 0.15) is 0 Å². The largest absolute Gasteiger partial charge is 0.316 e. The van der Waals surface area contributed by atoms with E-state index in [0.717, 1.165) is 12.0 Å². The van der Waals surface area contributed by atoms with Crippen LogP contribution in [0.15, 0.2) is 56.9 Å². The average molecular weight is 373 g/mol. The molecule has 0 fully saturated rings. The summed E-state index contributed by atoms with van der Waals surface area (Å²) in [7, 11) is -2.25. The van der Waals surface area contributed by atoms with Crippen LogP contribution in [0.5, 0.6) is 0 Å². The van der Waals surface area contributed by atoms with Gasteiger partial charge in [0.2, 0.25) is 10.0 Å². The Hall–Kier alpha value is -2.71. The summed E-state index contributed by atoms with van der Waals surface area (Å²) in [4.78, 5) is 27.6. The molecule has 0 aliphatic heterocycles. The fourth-order valence-corrected chi connectivity index (χ4v) is 3.84. The van der Waals surface area contributed by atoms with E-state index in [1.807, 2.05) is 24.3 Å². The molecule has 0 aliphatic rings. The molecule has 0 bridgehead atoms. The number of hydrogen-bond acceptors (Lipinski definition) is 4. The summed E-state index contributed by atoms with van der Waals surface area (Å²) in [5, 5.41) is 0. The summed E-state index contributed by atoms with van der Waals surface area (Å²) >= 11 is 0. The third-order valence-corrected chi connectivity index (χ3v) is 6.04. The van der Waals surface area contributed by atoms with E-state index in [1.165, 1.54) is 35.1 Å². The van der Waals surface area contributed by atoms with Crippen molar-refractivity contribution >= 4 is 21.1 Å². The van der Waals surface area contributed by atoms with Gasteiger partial charge in [-0.25, -0.2) is 8.42 Å². The van der Waals surface area contributed by atoms with Gasteiger partial charge in [-0.15, -0.1) is 0 Å². The number of aromatic nitrogens is 2. The second-order valence-electron chi connectivity index (χ2n) is 6.05. The number of benzene rings is 2. The molecule has 0 amide bonds. The topological polar surface area (TPSA) is 103 Å². The van der Waals surface area contributed by atoms with Crippen LogP contribution in [0.1, 0.15) is 18.1 Å². The monoisotopic (exact) mass is 373 g/mol. The van der Waals surface area contributed by atoms with Crippen molar-refractivity contribution in [2.45, 2.75) is 24.8 Å². The smallest absolute Gasteiger partial charge is 0.314 e. The van der Waals surface area contributed by atoms with Crippen molar-refractivity contribution in [1.82, 2.24) is 14.3 Å². The lowest BCUT2D eigenvalue weighted by molar-refractivity contribution is 0.467. The van der Waals surface area contributed by atoms with E-state index in [2.05, 4.69) is 16.9 Å². The van der Waals surface area contributed by atoms with Crippen molar-refractivity contribution in [2.24, 2.45) is 0 Å². The number of nitrogens with one attached hydrogen (secondary N) is 2. The molecule has 3 aromatic rings. The van der Waals surface area contributed by atoms with Gasteiger partial charge in [0, 0.05) is 13.6 Å². The van der Waals surface area contributed by atoms with Crippen molar-refractivity contribution < 1.29 is 8.42 Å². The molecule has 0 saturated heterocycles. The summed E-state index contributed by atoms with van der Waals surface area (Å²) in [6.45, 7) is 2.29. The second-order valence-corrected chi connectivity index (χ2v) is 8.09. The molecule has 136 valence electrons. The summed E-state index contributed by atoms with van der Waals surface area (Å²) in [6, 6.07) is 12.0. The van der Waals surface area contributed by atoms with Gasteiger partial charge in [-0.1, -0.05) is 31.2 Å². The fourth-order valence-electron chi connectivity index (χ4n) is 2.66. The molecule has 3 rings (SSSR count). The highest BCUT2D eigenvalue weighted by Gasteiger charge is 2.21. The highest BCUT2D eigenvalue weighted by atomic mass is 32.2. The van der Waals surface area contributed by atoms with Crippen molar-refractivity contribution in [3.63, 3.8) is 0 Å². The Morgan fingerprint density at radius 2 is 1.46 bits per heavy atom. The number of hydrogen-bond donors (Lipinski definition) is 2. The van der Waals surface area contributed by atoms with Gasteiger partial charge < -0.3 is 9.97 Å². The van der Waals surface area contributed by atoms with Crippen LogP contribution in [0.2, 0.25) is 0 Å². The predicted molar refractivity (Wildman–Crippen MR) is 99.7 cm³/mol. The van der Waals surface area contributed by atoms with Gasteiger partial charge in [0.05, 0.1) is 15.9 Å². The summed E-state index contributed by atoms with van der Waals surface area (Å²) < 4.78 is 26.9. The quantitative estimate of drug-likeness (QED) is 0.663. The first-order valence-corrected chi connectivity index (χ1v) is 9.56. The van der Waals surface area contributed by atoms with E-state index in [-0.39, 0.29) is 17.0 Å². The number of H-pyrrole nitrogens is 2. The fraction of sp³-hybridized carbons (Fsp3) is 0.222. The maximum Gasteiger partial charge on any atom is 0.314 e. The molecule has 0 saturated carbocycles. The van der Waals surface area contributed by atoms with Gasteiger partial charge in [0.15, 0.2) is 0 Å². The molecule has 26 heavy (non-hydrogen) atoms. The minimum Gasteiger partial charge on any atom is -0.316 e. The van der Waals surface area contributed by atoms with Crippen LogP contribution in [0.3, 0.4) is 0 Å². The molecule has 0 spiro atoms. The standard InChI is InChI=1S/C18H19N3O4S/c1-3-12-4-6-13(7-5-12)11-21(2)26(24,25)14-8-9-15-16(10-14)20-18(23)17(22)19-15/h4-10H,3,11H2,1-2H3,(H,19,22)(H,20,23). The van der Waals surface area contributed by atoms with Crippen LogP contribution in [0.25, 0.3) is 11.0 Å². The Morgan fingerprint density at radius 1 is 0.885 bits per heavy atom. The van der Waals surface area contributed by atoms with Crippen LogP contribution >= 0.6 is 0 Å². The molecule has 0 unspecified atom stereocenters. The van der Waals surface area contributed by atoms with E-state index in [1.54, 1.807) is 0 Å². The number of nitrogens with zero attached hydrogens (tertiary/aromatic N) is 1. The van der Waals surface area contributed by atoms with Crippen molar-refractivity contribution in [1.29, 1.82) is 0 Å². The minimum atomic E-state index is -3.75. The molecular weight excluding hydrogens is 354 g/mol. The van der Waals surface area contributed by atoms with Crippen molar-refractivity contribution in [3.05, 3.63) is 74.3 Å². The van der Waals surface area contributed by atoms with Gasteiger partial charge in [-0.05, 0) is 35.7 Å². The Labute approximate surface area is 150 Å². The predicted octanol–water partition coefficient (Wildman–Crippen LogP) is 1.60. The lowest BCUT2D eigenvalue weighted by Gasteiger charge is -2.17. The van der Waals surface area contributed by atoms with Gasteiger partial charge in [0.25, 0.3) is 0 Å². The van der Waals surface area contributed by atoms with Crippen molar-refractivity contribution in [2.75, 3.05) is 7.05 Å². The third kappa shape index (κ3) is 3.47. The summed E-state index contributed by atoms with van der Waals surface area (Å²) in [6.07, 6.45) is 0.922. The minimum absolute atomic E-state index is 0.0420. The highest BCUT2D eigenvalue weighted by Crippen LogP contribution is 2.20. The lowest BCUT2D eigenvalue weighted by Crippen LogP contribution is -2.29. The number of fused-ring (bicyclic) bond motifs is 1. The Kier molecular flexibility index (Phi) is 4.80. The number of aromatic amines is 2. The second kappa shape index (κ2) is 6.89. The van der Waals surface area contributed by atoms with Crippen LogP contribution in [-0.4, -0.2) is 29.7 Å². The zero-order chi connectivity index (χ0) is 18.9. The van der Waals surface area contributed by atoms with Crippen LogP contribution < -0.4 is 11.1 Å². The number of sulfonamides is 1. The molecule has 2 N–H and O–H groups in total. The van der Waals surface area contributed by atoms with Gasteiger partial charge >= 0.3 is 11.1 Å². The maximum absolute atomic E-state index is 12.8. The Balaban J connectivity index is 1.93. The molecule has 0 radical (unpaired) electrons. The SMILES string of the molecule is CCc1ccc(CN(C)S(=O)(=O)c2ccc3[nH]c(=O)c(=O)[nH]c3c2)cc1. The van der Waals surface area contributed by atoms with E-state index in [4.69, 9.17) is 0 Å². The maximum atomic E-state index is 12.8. The normalized spacial score (nSPS) is 12.0. The third-order valence-electron chi connectivity index (χ3n) is 4.24. The van der Waals surface area contributed by atoms with Crippen LogP contribution in [0.4, 0.5) is 0 Å². The molecule has 1 heterocycles. The first-order valence-electron chi connectivity index (χ1n) is 8.12. The number of aryl methyl sites for hydroxylation is 1. The number of rotatable bonds is 5. The molecule has 0 atom stereocenters. The Bertz CT molecular complexity index is 1160. The molecular formula is C18H19N3O4S. The van der Waals surface area contributed by atoms with E-state index >= 15 is 0 Å². The van der Waals surface area contributed by atoms with E-state index in [9.17, 15) is 18.0 Å². The summed E-state index contributed by atoms with van der Waals surface area (Å²) in [5.41, 5.74) is 1.10. The average Bonchev–Trinajstić information content (AvgIpc) is 2.62. The van der Waals surface area contributed by atoms with Crippen molar-refractivity contribution in [3.8, 4) is 0 Å². The van der Waals surface area contributed by atoms with Crippen LogP contribution in [0, 0.1) is 0 Å². The van der Waals surface area contributed by atoms with Crippen LogP contribution in [-0.2, 0) is 23.0 Å². The van der Waals surface area contributed by atoms with E-state index < -0.39 is 21.1 Å². The first-order chi connectivity index (χ1) is 12.3. The first kappa shape index (κ1) is 18.1. The Morgan fingerprint density at radius 3 is 2.08 bits per heavy atom.